The summed E-state index contributed by atoms with van der Waals surface area (Å²) in [6.45, 7) is 0.460. The summed E-state index contributed by atoms with van der Waals surface area (Å²) < 4.78 is 62.3. The van der Waals surface area contributed by atoms with Crippen molar-refractivity contribution in [3.05, 3.63) is 24.8 Å². The summed E-state index contributed by atoms with van der Waals surface area (Å²) >= 11 is 1.10. The van der Waals surface area contributed by atoms with Gasteiger partial charge in [-0.25, -0.2) is 28.6 Å². The molecule has 2 aromatic rings. The largest absolute Gasteiger partial charge is 0.481 e. The van der Waals surface area contributed by atoms with E-state index < -0.39 is 90.5 Å². The first-order chi connectivity index (χ1) is 30.4. The van der Waals surface area contributed by atoms with E-state index in [1.807, 2.05) is 0 Å². The Hall–Kier alpha value is -3.23. The van der Waals surface area contributed by atoms with Crippen LogP contribution in [-0.2, 0) is 55.5 Å². The molecule has 11 N–H and O–H groups in total. The zero-order chi connectivity index (χ0) is 48.4. The number of nitrogen functional groups attached to an aromatic ring is 1. The molecule has 3 heterocycles. The number of phosphoric ester groups is 3. The van der Waals surface area contributed by atoms with Gasteiger partial charge in [-0.15, -0.1) is 0 Å². The smallest absolute Gasteiger partial charge is 0.481 e. The van der Waals surface area contributed by atoms with Gasteiger partial charge >= 0.3 is 29.4 Å². The minimum absolute atomic E-state index is 0.00748. The van der Waals surface area contributed by atoms with Gasteiger partial charge in [-0.05, 0) is 38.5 Å². The molecule has 7 unspecified atom stereocenters. The Morgan fingerprint density at radius 3 is 2.22 bits per heavy atom. The molecule has 0 aromatic carbocycles. The molecule has 368 valence electrons. The van der Waals surface area contributed by atoms with Gasteiger partial charge < -0.3 is 56.0 Å². The van der Waals surface area contributed by atoms with Gasteiger partial charge in [0.05, 0.1) is 19.5 Å². The van der Waals surface area contributed by atoms with Gasteiger partial charge in [0, 0.05) is 43.5 Å². The molecular weight excluding hydrogens is 947 g/mol. The van der Waals surface area contributed by atoms with Crippen molar-refractivity contribution in [2.45, 2.75) is 115 Å². The Kier molecular flexibility index (Phi) is 22.7. The number of carboxylic acid groups (broad SMARTS) is 1. The highest BCUT2D eigenvalue weighted by Crippen LogP contribution is 2.61. The number of allylic oxidation sites excluding steroid dienone is 2. The fraction of sp³-hybridized carbons (Fsp3) is 0.686. The second kappa shape index (κ2) is 26.3. The summed E-state index contributed by atoms with van der Waals surface area (Å²) in [5.41, 5.74) is 4.25. The first-order valence-electron chi connectivity index (χ1n) is 20.3. The van der Waals surface area contributed by atoms with Gasteiger partial charge in [-0.1, -0.05) is 50.6 Å². The van der Waals surface area contributed by atoms with E-state index in [1.165, 1.54) is 13.8 Å². The average molecular weight is 1010 g/mol. The van der Waals surface area contributed by atoms with Crippen molar-refractivity contribution in [1.29, 1.82) is 0 Å². The molecular formula is C35H58N7O19P3S. The third-order valence-corrected chi connectivity index (χ3v) is 13.5. The lowest BCUT2D eigenvalue weighted by atomic mass is 9.87. The topological polar surface area (TPSA) is 401 Å². The van der Waals surface area contributed by atoms with Gasteiger partial charge in [0.1, 0.15) is 36.3 Å². The number of nitrogens with zero attached hydrogens (tertiary/aromatic N) is 4. The van der Waals surface area contributed by atoms with Crippen LogP contribution in [0, 0.1) is 5.41 Å². The number of nitrogens with two attached hydrogens (primary N) is 1. The molecule has 1 fully saturated rings. The van der Waals surface area contributed by atoms with Crippen molar-refractivity contribution in [2.75, 3.05) is 37.8 Å². The number of anilines is 1. The number of carbonyl (C=O) groups is 4. The van der Waals surface area contributed by atoms with Crippen molar-refractivity contribution >= 4 is 75.1 Å². The van der Waals surface area contributed by atoms with Crippen molar-refractivity contribution in [2.24, 2.45) is 5.41 Å². The van der Waals surface area contributed by atoms with E-state index in [9.17, 15) is 62.7 Å². The number of hydrogen-bond donors (Lipinski definition) is 10. The van der Waals surface area contributed by atoms with E-state index in [0.29, 0.717) is 18.6 Å². The average Bonchev–Trinajstić information content (AvgIpc) is 3.77. The van der Waals surface area contributed by atoms with Crippen LogP contribution in [-0.4, -0.2) is 134 Å². The predicted molar refractivity (Wildman–Crippen MR) is 230 cm³/mol. The third kappa shape index (κ3) is 20.3. The fourth-order valence-corrected chi connectivity index (χ4v) is 9.58. The van der Waals surface area contributed by atoms with Crippen molar-refractivity contribution in [3.8, 4) is 0 Å². The van der Waals surface area contributed by atoms with Crippen molar-refractivity contribution < 1.29 is 90.4 Å². The number of carbonyl (C=O) groups excluding carboxylic acids is 3. The van der Waals surface area contributed by atoms with Crippen LogP contribution in [0.3, 0.4) is 0 Å². The van der Waals surface area contributed by atoms with E-state index in [0.717, 1.165) is 73.9 Å². The molecule has 0 saturated carbocycles. The lowest BCUT2D eigenvalue weighted by Gasteiger charge is -2.30. The molecule has 1 aliphatic heterocycles. The van der Waals surface area contributed by atoms with Crippen LogP contribution >= 0.6 is 35.2 Å². The zero-order valence-electron chi connectivity index (χ0n) is 35.7. The number of rotatable bonds is 31. The van der Waals surface area contributed by atoms with E-state index >= 15 is 0 Å². The van der Waals surface area contributed by atoms with Crippen LogP contribution in [0.1, 0.15) is 90.7 Å². The van der Waals surface area contributed by atoms with Gasteiger partial charge in [0.15, 0.2) is 22.8 Å². The minimum atomic E-state index is -5.58. The van der Waals surface area contributed by atoms with E-state index in [2.05, 4.69) is 46.6 Å². The molecule has 30 heteroatoms. The second-order valence-electron chi connectivity index (χ2n) is 15.4. The van der Waals surface area contributed by atoms with Gasteiger partial charge in [-0.2, -0.15) is 4.31 Å². The number of fused-ring (bicyclic) bond motifs is 1. The van der Waals surface area contributed by atoms with E-state index in [-0.39, 0.29) is 48.0 Å². The highest BCUT2D eigenvalue weighted by molar-refractivity contribution is 8.13. The molecule has 0 aliphatic carbocycles. The molecule has 26 nitrogen and oxygen atoms in total. The summed E-state index contributed by atoms with van der Waals surface area (Å²) in [6, 6.07) is 0. The molecule has 0 spiro atoms. The maximum Gasteiger partial charge on any atom is 0.481 e. The highest BCUT2D eigenvalue weighted by atomic mass is 32.2. The maximum atomic E-state index is 12.7. The number of aliphatic hydroxyl groups excluding tert-OH is 2. The first-order valence-corrected chi connectivity index (χ1v) is 25.8. The molecule has 2 aromatic heterocycles. The number of aliphatic hydroxyl groups is 2. The number of aromatic nitrogens is 4. The quantitative estimate of drug-likeness (QED) is 0.0294. The first kappa shape index (κ1) is 56.1. The van der Waals surface area contributed by atoms with Crippen LogP contribution in [0.2, 0.25) is 0 Å². The molecule has 7 atom stereocenters. The summed E-state index contributed by atoms with van der Waals surface area (Å²) in [5, 5.41) is 35.1. The van der Waals surface area contributed by atoms with E-state index in [1.54, 1.807) is 0 Å². The third-order valence-electron chi connectivity index (χ3n) is 9.44. The number of amides is 2. The SMILES string of the molecule is CC(C)(COP(=O)(O)OP(=O)(O)OCC1OC(n2cnc3c(N)ncnc32)C(O)C1OP(=O)(O)O)C(O)C(=O)NCCC(=O)NCCSC(=O)CCCCC/C=C/CCCCCC(=O)O. The van der Waals surface area contributed by atoms with Crippen molar-refractivity contribution in [1.82, 2.24) is 30.2 Å². The Balaban J connectivity index is 1.34. The van der Waals surface area contributed by atoms with Crippen LogP contribution < -0.4 is 16.4 Å². The van der Waals surface area contributed by atoms with Crippen molar-refractivity contribution in [3.63, 3.8) is 0 Å². The highest BCUT2D eigenvalue weighted by Gasteiger charge is 2.50. The molecule has 1 saturated heterocycles. The predicted octanol–water partition coefficient (Wildman–Crippen LogP) is 2.21. The molecule has 2 amide bonds. The number of aliphatic carboxylic acids is 1. The number of ether oxygens (including phenoxy) is 1. The zero-order valence-corrected chi connectivity index (χ0v) is 39.2. The molecule has 0 bridgehead atoms. The summed E-state index contributed by atoms with van der Waals surface area (Å²) in [4.78, 5) is 98.6. The Bertz CT molecular complexity index is 2070. The normalized spacial score (nSPS) is 20.4. The van der Waals surface area contributed by atoms with Gasteiger partial charge in [0.2, 0.25) is 11.8 Å². The number of unbranched alkanes of at least 4 members (excludes halogenated alkanes) is 6. The lowest BCUT2D eigenvalue weighted by Crippen LogP contribution is -2.46. The monoisotopic (exact) mass is 1010 g/mol. The molecule has 0 radical (unpaired) electrons. The fourth-order valence-electron chi connectivity index (χ4n) is 6.03. The Labute approximate surface area is 377 Å². The Morgan fingerprint density at radius 1 is 0.923 bits per heavy atom. The molecule has 3 rings (SSSR count). The molecule has 65 heavy (non-hydrogen) atoms. The van der Waals surface area contributed by atoms with E-state index in [4.69, 9.17) is 24.6 Å². The number of carboxylic acids is 1. The minimum Gasteiger partial charge on any atom is -0.481 e. The summed E-state index contributed by atoms with van der Waals surface area (Å²) in [7, 11) is -16.4. The van der Waals surface area contributed by atoms with Crippen LogP contribution in [0.5, 0.6) is 0 Å². The number of nitrogens with one attached hydrogen (secondary N) is 2. The van der Waals surface area contributed by atoms with Crippen LogP contribution in [0.4, 0.5) is 5.82 Å². The summed E-state index contributed by atoms with van der Waals surface area (Å²) in [5.74, 6) is -1.90. The van der Waals surface area contributed by atoms with Gasteiger partial charge in [0.25, 0.3) is 0 Å². The lowest BCUT2D eigenvalue weighted by molar-refractivity contribution is -0.137. The number of thioether (sulfide) groups is 1. The van der Waals surface area contributed by atoms with Crippen LogP contribution in [0.25, 0.3) is 11.2 Å². The molecule has 1 aliphatic rings. The summed E-state index contributed by atoms with van der Waals surface area (Å²) in [6.07, 6.45) is 4.80. The van der Waals surface area contributed by atoms with Gasteiger partial charge in [-0.3, -0.25) is 37.3 Å². The van der Waals surface area contributed by atoms with Crippen LogP contribution in [0.15, 0.2) is 24.8 Å². The second-order valence-corrected chi connectivity index (χ2v) is 20.7. The number of hydrogen-bond acceptors (Lipinski definition) is 19. The Morgan fingerprint density at radius 2 is 1.57 bits per heavy atom. The number of imidazole rings is 1. The maximum absolute atomic E-state index is 12.7. The number of phosphoric acid groups is 3. The standard InChI is InChI=1S/C35H58N7O19P3S/c1-35(2,30(48)33(49)38-16-15-24(43)37-17-18-65-26(46)14-12-10-8-6-4-3-5-7-9-11-13-25(44)45)20-58-64(55,56)61-63(53,54)57-19-23-29(60-62(50,51)52)28(47)34(59-23)42-22-41-27-31(36)39-21-40-32(27)42/h3-4,21-23,28-30,34,47-48H,5-20H2,1-2H3,(H,37,43)(H,38,49)(H,44,45)(H,53,54)(H,55,56)(H2,36,39,40)(H2,50,51,52)/b4-3+.